The zero-order chi connectivity index (χ0) is 18.4. The molecule has 1 aliphatic rings. The van der Waals surface area contributed by atoms with Crippen LogP contribution in [-0.2, 0) is 16.6 Å². The van der Waals surface area contributed by atoms with E-state index in [1.807, 2.05) is 20.8 Å². The van der Waals surface area contributed by atoms with E-state index in [1.165, 1.54) is 6.26 Å². The minimum Gasteiger partial charge on any atom is -0.444 e. The first-order valence-corrected chi connectivity index (χ1v) is 10.5. The summed E-state index contributed by atoms with van der Waals surface area (Å²) in [4.78, 5) is 8.84. The number of hydrogen-bond acceptors (Lipinski definition) is 5. The van der Waals surface area contributed by atoms with Gasteiger partial charge in [0.1, 0.15) is 12.3 Å². The Labute approximate surface area is 150 Å². The zero-order valence-electron chi connectivity index (χ0n) is 15.5. The summed E-state index contributed by atoms with van der Waals surface area (Å²) < 4.78 is 30.2. The summed E-state index contributed by atoms with van der Waals surface area (Å²) in [7, 11) is -3.07. The molecule has 0 atom stereocenters. The van der Waals surface area contributed by atoms with Crippen LogP contribution >= 0.6 is 0 Å². The predicted molar refractivity (Wildman–Crippen MR) is 97.9 cm³/mol. The largest absolute Gasteiger partial charge is 0.444 e. The van der Waals surface area contributed by atoms with Crippen molar-refractivity contribution in [2.75, 3.05) is 32.4 Å². The number of aromatic nitrogens is 1. The SMILES string of the molecule is CCNC(=NCc1nc(C)c(C)o1)NCC1CCN(S(C)(=O)=O)CC1. The monoisotopic (exact) mass is 371 g/mol. The Morgan fingerprint density at radius 1 is 1.32 bits per heavy atom. The number of aliphatic imine (C=N–C) groups is 1. The van der Waals surface area contributed by atoms with Gasteiger partial charge in [0, 0.05) is 26.2 Å². The van der Waals surface area contributed by atoms with E-state index >= 15 is 0 Å². The molecule has 1 aromatic rings. The first-order chi connectivity index (χ1) is 11.8. The van der Waals surface area contributed by atoms with Crippen LogP contribution in [0, 0.1) is 19.8 Å². The van der Waals surface area contributed by atoms with Gasteiger partial charge >= 0.3 is 0 Å². The van der Waals surface area contributed by atoms with Crippen LogP contribution in [0.3, 0.4) is 0 Å². The van der Waals surface area contributed by atoms with Gasteiger partial charge in [-0.2, -0.15) is 0 Å². The van der Waals surface area contributed by atoms with Crippen LogP contribution < -0.4 is 10.6 Å². The molecule has 1 aliphatic heterocycles. The number of nitrogens with zero attached hydrogens (tertiary/aromatic N) is 3. The third-order valence-electron chi connectivity index (χ3n) is 4.39. The van der Waals surface area contributed by atoms with Gasteiger partial charge in [-0.3, -0.25) is 0 Å². The second-order valence-electron chi connectivity index (χ2n) is 6.43. The summed E-state index contributed by atoms with van der Waals surface area (Å²) in [5, 5.41) is 6.55. The van der Waals surface area contributed by atoms with Crippen LogP contribution in [0.5, 0.6) is 0 Å². The third-order valence-corrected chi connectivity index (χ3v) is 5.69. The molecule has 0 radical (unpaired) electrons. The summed E-state index contributed by atoms with van der Waals surface area (Å²) in [5.74, 6) is 2.59. The second-order valence-corrected chi connectivity index (χ2v) is 8.41. The van der Waals surface area contributed by atoms with E-state index in [9.17, 15) is 8.42 Å². The molecule has 0 spiro atoms. The lowest BCUT2D eigenvalue weighted by Gasteiger charge is -2.30. The van der Waals surface area contributed by atoms with Crippen molar-refractivity contribution in [3.05, 3.63) is 17.3 Å². The van der Waals surface area contributed by atoms with Crippen molar-refractivity contribution in [2.45, 2.75) is 40.2 Å². The van der Waals surface area contributed by atoms with Crippen molar-refractivity contribution in [3.8, 4) is 0 Å². The molecule has 9 heteroatoms. The smallest absolute Gasteiger partial charge is 0.216 e. The molecule has 142 valence electrons. The summed E-state index contributed by atoms with van der Waals surface area (Å²) in [6.07, 6.45) is 2.99. The fourth-order valence-corrected chi connectivity index (χ4v) is 3.66. The van der Waals surface area contributed by atoms with Gasteiger partial charge in [-0.05, 0) is 39.5 Å². The van der Waals surface area contributed by atoms with E-state index in [-0.39, 0.29) is 0 Å². The van der Waals surface area contributed by atoms with Crippen molar-refractivity contribution >= 4 is 16.0 Å². The lowest BCUT2D eigenvalue weighted by molar-refractivity contribution is 0.275. The summed E-state index contributed by atoms with van der Waals surface area (Å²) >= 11 is 0. The molecule has 2 heterocycles. The Morgan fingerprint density at radius 2 is 2.00 bits per heavy atom. The maximum Gasteiger partial charge on any atom is 0.216 e. The lowest BCUT2D eigenvalue weighted by atomic mass is 9.98. The van der Waals surface area contributed by atoms with Gasteiger partial charge in [0.2, 0.25) is 15.9 Å². The fraction of sp³-hybridized carbons (Fsp3) is 0.750. The molecule has 0 aromatic carbocycles. The molecule has 25 heavy (non-hydrogen) atoms. The molecule has 0 bridgehead atoms. The summed E-state index contributed by atoms with van der Waals surface area (Å²) in [6, 6.07) is 0. The molecule has 1 fully saturated rings. The van der Waals surface area contributed by atoms with E-state index in [1.54, 1.807) is 4.31 Å². The van der Waals surface area contributed by atoms with Gasteiger partial charge in [0.15, 0.2) is 5.96 Å². The minimum absolute atomic E-state index is 0.385. The first kappa shape index (κ1) is 19.7. The van der Waals surface area contributed by atoms with E-state index in [4.69, 9.17) is 4.42 Å². The van der Waals surface area contributed by atoms with Crippen LogP contribution in [0.25, 0.3) is 0 Å². The molecule has 0 amide bonds. The molecule has 1 aromatic heterocycles. The molecule has 1 saturated heterocycles. The van der Waals surface area contributed by atoms with Gasteiger partial charge in [-0.1, -0.05) is 0 Å². The van der Waals surface area contributed by atoms with Crippen molar-refractivity contribution < 1.29 is 12.8 Å². The van der Waals surface area contributed by atoms with Gasteiger partial charge < -0.3 is 15.1 Å². The number of nitrogens with one attached hydrogen (secondary N) is 2. The summed E-state index contributed by atoms with van der Waals surface area (Å²) in [6.45, 7) is 8.93. The molecule has 0 saturated carbocycles. The average Bonchev–Trinajstić information content (AvgIpc) is 2.88. The topological polar surface area (TPSA) is 99.8 Å². The normalized spacial score (nSPS) is 17.7. The Kier molecular flexibility index (Phi) is 6.83. The van der Waals surface area contributed by atoms with Crippen molar-refractivity contribution in [1.82, 2.24) is 19.9 Å². The van der Waals surface area contributed by atoms with Crippen LogP contribution in [0.15, 0.2) is 9.41 Å². The molecule has 8 nitrogen and oxygen atoms in total. The Balaban J connectivity index is 1.84. The molecular weight excluding hydrogens is 342 g/mol. The Morgan fingerprint density at radius 3 is 2.52 bits per heavy atom. The van der Waals surface area contributed by atoms with E-state index < -0.39 is 10.0 Å². The lowest BCUT2D eigenvalue weighted by Crippen LogP contribution is -2.44. The van der Waals surface area contributed by atoms with Crippen LogP contribution in [0.2, 0.25) is 0 Å². The standard InChI is InChI=1S/C16H29N5O3S/c1-5-17-16(19-11-15-20-12(2)13(3)24-15)18-10-14-6-8-21(9-7-14)25(4,22)23/h14H,5-11H2,1-4H3,(H2,17,18,19). The highest BCUT2D eigenvalue weighted by molar-refractivity contribution is 7.88. The molecule has 0 aliphatic carbocycles. The summed E-state index contributed by atoms with van der Waals surface area (Å²) in [5.41, 5.74) is 0.890. The number of oxazole rings is 1. The highest BCUT2D eigenvalue weighted by Gasteiger charge is 2.24. The maximum absolute atomic E-state index is 11.6. The highest BCUT2D eigenvalue weighted by atomic mass is 32.2. The second kappa shape index (κ2) is 8.66. The van der Waals surface area contributed by atoms with Crippen molar-refractivity contribution in [2.24, 2.45) is 10.9 Å². The predicted octanol–water partition coefficient (Wildman–Crippen LogP) is 1.02. The van der Waals surface area contributed by atoms with Gasteiger partial charge in [0.25, 0.3) is 0 Å². The van der Waals surface area contributed by atoms with E-state index in [2.05, 4.69) is 20.6 Å². The van der Waals surface area contributed by atoms with Crippen molar-refractivity contribution in [1.29, 1.82) is 0 Å². The maximum atomic E-state index is 11.6. The Hall–Kier alpha value is -1.61. The van der Waals surface area contributed by atoms with Gasteiger partial charge in [-0.15, -0.1) is 0 Å². The van der Waals surface area contributed by atoms with Crippen LogP contribution in [0.1, 0.15) is 37.1 Å². The third kappa shape index (κ3) is 6.00. The highest BCUT2D eigenvalue weighted by Crippen LogP contribution is 2.18. The quantitative estimate of drug-likeness (QED) is 0.572. The first-order valence-electron chi connectivity index (χ1n) is 8.69. The van der Waals surface area contributed by atoms with Gasteiger partial charge in [-0.25, -0.2) is 22.7 Å². The molecular formula is C16H29N5O3S. The average molecular weight is 372 g/mol. The Bertz CT molecular complexity index is 671. The van der Waals surface area contributed by atoms with Crippen LogP contribution in [-0.4, -0.2) is 56.1 Å². The van der Waals surface area contributed by atoms with Gasteiger partial charge in [0.05, 0.1) is 11.9 Å². The number of piperidine rings is 1. The number of rotatable bonds is 6. The number of sulfonamides is 1. The van der Waals surface area contributed by atoms with Crippen LogP contribution in [0.4, 0.5) is 0 Å². The number of aryl methyl sites for hydroxylation is 2. The fourth-order valence-electron chi connectivity index (χ4n) is 2.78. The van der Waals surface area contributed by atoms with E-state index in [0.717, 1.165) is 43.3 Å². The molecule has 2 rings (SSSR count). The molecule has 0 unspecified atom stereocenters. The minimum atomic E-state index is -3.07. The van der Waals surface area contributed by atoms with Crippen molar-refractivity contribution in [3.63, 3.8) is 0 Å². The van der Waals surface area contributed by atoms with E-state index in [0.29, 0.717) is 31.4 Å². The molecule has 2 N–H and O–H groups in total. The zero-order valence-corrected chi connectivity index (χ0v) is 16.3. The number of guanidine groups is 1. The number of hydrogen-bond donors (Lipinski definition) is 2.